The van der Waals surface area contributed by atoms with Crippen LogP contribution in [-0.4, -0.2) is 61.4 Å². The number of amides is 4. The zero-order valence-corrected chi connectivity index (χ0v) is 38.1. The quantitative estimate of drug-likeness (QED) is 0.0675. The van der Waals surface area contributed by atoms with Crippen LogP contribution >= 0.6 is 0 Å². The average molecular weight is 865 g/mol. The Balaban J connectivity index is 1.18. The van der Waals surface area contributed by atoms with Crippen LogP contribution < -0.4 is 19.6 Å². The molecule has 0 spiro atoms. The molecule has 4 aliphatic heterocycles. The summed E-state index contributed by atoms with van der Waals surface area (Å²) >= 11 is 0. The number of hydrogen-bond acceptors (Lipinski definition) is 8. The van der Waals surface area contributed by atoms with Crippen LogP contribution in [0.5, 0.6) is 0 Å². The first kappa shape index (κ1) is 40.9. The average Bonchev–Trinajstić information content (AvgIpc) is 4.03. The van der Waals surface area contributed by atoms with E-state index < -0.39 is 23.4 Å². The molecule has 0 aromatic heterocycles. The highest BCUT2D eigenvalue weighted by Crippen LogP contribution is 2.53. The van der Waals surface area contributed by atoms with Gasteiger partial charge in [0.05, 0.1) is 28.1 Å². The minimum atomic E-state index is -0.681. The van der Waals surface area contributed by atoms with Crippen LogP contribution in [0.4, 0.5) is 22.7 Å². The summed E-state index contributed by atoms with van der Waals surface area (Å²) in [5.41, 5.74) is 6.22. The molecule has 0 unspecified atom stereocenters. The molecule has 0 saturated carbocycles. The van der Waals surface area contributed by atoms with E-state index in [9.17, 15) is 9.59 Å². The van der Waals surface area contributed by atoms with Crippen LogP contribution in [0.1, 0.15) is 149 Å². The fourth-order valence-electron chi connectivity index (χ4n) is 11.1. The summed E-state index contributed by atoms with van der Waals surface area (Å²) in [5, 5.41) is 6.56. The fourth-order valence-corrected chi connectivity index (χ4v) is 11.1. The van der Waals surface area contributed by atoms with Crippen LogP contribution in [0.15, 0.2) is 78.9 Å². The van der Waals surface area contributed by atoms with E-state index in [-0.39, 0.29) is 23.7 Å². The summed E-state index contributed by atoms with van der Waals surface area (Å²) in [6, 6.07) is 24.3. The summed E-state index contributed by atoms with van der Waals surface area (Å²) < 4.78 is 5.57. The molecule has 11 rings (SSSR count). The summed E-state index contributed by atoms with van der Waals surface area (Å²) in [4.78, 5) is 80.7. The predicted octanol–water partition coefficient (Wildman–Crippen LogP) is 11.7. The van der Waals surface area contributed by atoms with Gasteiger partial charge < -0.3 is 14.5 Å². The lowest BCUT2D eigenvalue weighted by Crippen LogP contribution is -2.42. The van der Waals surface area contributed by atoms with Gasteiger partial charge in [-0.3, -0.25) is 19.2 Å². The number of fused-ring (bicyclic) bond motifs is 2. The fraction of sp³-hybridized carbons (Fsp3) is 0.327. The maximum atomic E-state index is 15.4. The predicted molar refractivity (Wildman–Crippen MR) is 259 cm³/mol. The lowest BCUT2D eigenvalue weighted by Gasteiger charge is -2.35. The van der Waals surface area contributed by atoms with Crippen molar-refractivity contribution in [2.24, 2.45) is 0 Å². The van der Waals surface area contributed by atoms with Crippen molar-refractivity contribution in [2.45, 2.75) is 91.6 Å². The van der Waals surface area contributed by atoms with Crippen molar-refractivity contribution in [1.82, 2.24) is 0 Å². The molecule has 10 nitrogen and oxygen atoms in total. The third-order valence-corrected chi connectivity index (χ3v) is 14.0. The monoisotopic (exact) mass is 864 g/mol. The minimum Gasteiger partial charge on any atom is -0.456 e. The highest BCUT2D eigenvalue weighted by Gasteiger charge is 2.42. The van der Waals surface area contributed by atoms with Crippen LogP contribution in [0.25, 0.3) is 43.1 Å². The number of ether oxygens (including phenoxy) is 1. The Hall–Kier alpha value is -6.81. The Labute approximate surface area is 378 Å². The molecule has 2 saturated heterocycles. The molecule has 4 heterocycles. The van der Waals surface area contributed by atoms with Crippen molar-refractivity contribution >= 4 is 95.4 Å². The molecule has 0 N–H and O–H groups in total. The molecule has 4 aliphatic rings. The van der Waals surface area contributed by atoms with E-state index in [0.717, 1.165) is 107 Å². The second-order valence-corrected chi connectivity index (χ2v) is 19.9. The zero-order chi connectivity index (χ0) is 45.4. The standard InChI is InChI=1S/C55H52N4O6/c1-29(2)33-13-12-14-34(30(3)4)49(33)59-51(61)38-22-20-36-45-41(56-23-8-9-24-56)27-39-43-37(50(60)58(52(39)62)32-17-15-31(16-18-32)54(64)65-55(5,6)7)21-19-35(47(43)45)46-42(57-25-10-11-26-57)28-40(53(59)63)44(38)48(36)46/h12-22,27-30H,8-11,23-26H2,1-7H3. The summed E-state index contributed by atoms with van der Waals surface area (Å²) in [7, 11) is 0. The number of carbonyl (C=O) groups is 5. The molecule has 0 radical (unpaired) electrons. The molecular weight excluding hydrogens is 813 g/mol. The Morgan fingerprint density at radius 1 is 0.523 bits per heavy atom. The highest BCUT2D eigenvalue weighted by atomic mass is 16.6. The summed E-state index contributed by atoms with van der Waals surface area (Å²) in [6.45, 7) is 17.0. The van der Waals surface area contributed by atoms with E-state index in [1.807, 2.05) is 54.6 Å². The van der Waals surface area contributed by atoms with Gasteiger partial charge in [-0.05, 0) is 129 Å². The van der Waals surface area contributed by atoms with Gasteiger partial charge in [0.15, 0.2) is 0 Å². The van der Waals surface area contributed by atoms with Crippen LogP contribution in [0, 0.1) is 0 Å². The maximum Gasteiger partial charge on any atom is 0.338 e. The van der Waals surface area contributed by atoms with Crippen molar-refractivity contribution in [3.63, 3.8) is 0 Å². The number of anilines is 4. The summed E-state index contributed by atoms with van der Waals surface area (Å²) in [6.07, 6.45) is 3.99. The topological polar surface area (TPSA) is 108 Å². The van der Waals surface area contributed by atoms with E-state index in [1.165, 1.54) is 9.80 Å². The van der Waals surface area contributed by atoms with Crippen molar-refractivity contribution in [3.8, 4) is 0 Å². The first-order valence-electron chi connectivity index (χ1n) is 23.2. The second-order valence-electron chi connectivity index (χ2n) is 19.9. The molecule has 0 aliphatic carbocycles. The SMILES string of the molecule is CC(C)c1cccc(C(C)C)c1N1C(=O)c2ccc3c4c(N5CCCC5)cc5c6c(ccc(c7c(N8CCCC8)cc(c2c37)C1=O)c64)C(=O)N(c1ccc(C(=O)OC(C)(C)C)cc1)C5=O. The number of imide groups is 2. The highest BCUT2D eigenvalue weighted by molar-refractivity contribution is 6.47. The number of nitrogens with zero attached hydrogens (tertiary/aromatic N) is 4. The number of rotatable bonds is 7. The number of esters is 1. The van der Waals surface area contributed by atoms with E-state index in [2.05, 4.69) is 37.5 Å². The Bertz CT molecular complexity index is 3210. The lowest BCUT2D eigenvalue weighted by molar-refractivity contribution is 0.00691. The van der Waals surface area contributed by atoms with Crippen molar-refractivity contribution < 1.29 is 28.7 Å². The number of carbonyl (C=O) groups excluding carboxylic acids is 5. The number of para-hydroxylation sites is 1. The molecule has 2 fully saturated rings. The molecule has 65 heavy (non-hydrogen) atoms. The van der Waals surface area contributed by atoms with Gasteiger partial charge in [0.1, 0.15) is 5.60 Å². The molecule has 0 bridgehead atoms. The van der Waals surface area contributed by atoms with Gasteiger partial charge >= 0.3 is 5.97 Å². The van der Waals surface area contributed by atoms with Gasteiger partial charge in [0.25, 0.3) is 23.6 Å². The van der Waals surface area contributed by atoms with E-state index in [1.54, 1.807) is 45.0 Å². The smallest absolute Gasteiger partial charge is 0.338 e. The number of hydrogen-bond donors (Lipinski definition) is 0. The van der Waals surface area contributed by atoms with Gasteiger partial charge in [-0.2, -0.15) is 0 Å². The molecule has 328 valence electrons. The molecule has 4 amide bonds. The Kier molecular flexibility index (Phi) is 9.20. The molecule has 0 atom stereocenters. The lowest BCUT2D eigenvalue weighted by atomic mass is 9.80. The van der Waals surface area contributed by atoms with E-state index in [0.29, 0.717) is 50.0 Å². The third kappa shape index (κ3) is 6.01. The largest absolute Gasteiger partial charge is 0.456 e. The van der Waals surface area contributed by atoms with Crippen molar-refractivity contribution in [3.05, 3.63) is 118 Å². The third-order valence-electron chi connectivity index (χ3n) is 14.0. The van der Waals surface area contributed by atoms with Gasteiger partial charge in [-0.25, -0.2) is 14.6 Å². The Morgan fingerprint density at radius 3 is 1.40 bits per heavy atom. The zero-order valence-electron chi connectivity index (χ0n) is 38.1. The van der Waals surface area contributed by atoms with Gasteiger partial charge in [0, 0.05) is 81.0 Å². The molecule has 10 heteroatoms. The van der Waals surface area contributed by atoms with E-state index in [4.69, 9.17) is 4.74 Å². The van der Waals surface area contributed by atoms with Gasteiger partial charge in [0.2, 0.25) is 0 Å². The van der Waals surface area contributed by atoms with Crippen molar-refractivity contribution in [2.75, 3.05) is 45.8 Å². The minimum absolute atomic E-state index is 0.0689. The second kappa shape index (κ2) is 14.6. The summed E-state index contributed by atoms with van der Waals surface area (Å²) in [5.74, 6) is -1.90. The van der Waals surface area contributed by atoms with Gasteiger partial charge in [-0.1, -0.05) is 58.0 Å². The molecule has 7 aromatic rings. The van der Waals surface area contributed by atoms with Crippen LogP contribution in [0.3, 0.4) is 0 Å². The number of benzene rings is 7. The maximum absolute atomic E-state index is 15.4. The van der Waals surface area contributed by atoms with Crippen LogP contribution in [0.2, 0.25) is 0 Å². The first-order valence-corrected chi connectivity index (χ1v) is 23.2. The van der Waals surface area contributed by atoms with Gasteiger partial charge in [-0.15, -0.1) is 0 Å². The van der Waals surface area contributed by atoms with Crippen molar-refractivity contribution in [1.29, 1.82) is 0 Å². The first-order chi connectivity index (χ1) is 31.1. The molecular formula is C55H52N4O6. The van der Waals surface area contributed by atoms with Crippen LogP contribution in [-0.2, 0) is 4.74 Å². The normalized spacial score (nSPS) is 16.7. The molecule has 7 aromatic carbocycles. The van der Waals surface area contributed by atoms with E-state index >= 15 is 14.4 Å². The Morgan fingerprint density at radius 2 is 0.954 bits per heavy atom.